The van der Waals surface area contributed by atoms with Crippen molar-refractivity contribution in [1.82, 2.24) is 0 Å². The predicted molar refractivity (Wildman–Crippen MR) is 65.6 cm³/mol. The van der Waals surface area contributed by atoms with Gasteiger partial charge in [-0.2, -0.15) is 0 Å². The number of hydrogen-bond acceptors (Lipinski definition) is 4. The number of nitrogens with zero attached hydrogens (tertiary/aromatic N) is 1. The van der Waals surface area contributed by atoms with E-state index >= 15 is 0 Å². The van der Waals surface area contributed by atoms with Crippen molar-refractivity contribution < 1.29 is 14.8 Å². The monoisotopic (exact) mass is 255 g/mol. The van der Waals surface area contributed by atoms with Crippen LogP contribution in [0.2, 0.25) is 0 Å². The molecule has 17 heavy (non-hydrogen) atoms. The lowest BCUT2D eigenvalue weighted by molar-refractivity contribution is -0.388. The number of para-hydroxylation sites is 1. The highest BCUT2D eigenvalue weighted by Crippen LogP contribution is 2.33. The number of rotatable bonds is 5. The number of hydrogen-bond donors (Lipinski definition) is 1. The second-order valence-corrected chi connectivity index (χ2v) is 4.98. The quantitative estimate of drug-likeness (QED) is 0.497. The van der Waals surface area contributed by atoms with E-state index in [9.17, 15) is 14.9 Å². The SMILES string of the molecule is CC(C)CSc1cccc(C(=O)O)c1[N+](=O)[O-]. The molecule has 0 saturated carbocycles. The molecule has 0 atom stereocenters. The van der Waals surface area contributed by atoms with E-state index in [2.05, 4.69) is 0 Å². The Morgan fingerprint density at radius 3 is 2.65 bits per heavy atom. The minimum Gasteiger partial charge on any atom is -0.477 e. The van der Waals surface area contributed by atoms with Crippen LogP contribution in [0.1, 0.15) is 24.2 Å². The summed E-state index contributed by atoms with van der Waals surface area (Å²) in [6.45, 7) is 4.00. The Bertz CT molecular complexity index is 445. The minimum atomic E-state index is -1.27. The van der Waals surface area contributed by atoms with Gasteiger partial charge in [0.2, 0.25) is 0 Å². The molecule has 92 valence electrons. The van der Waals surface area contributed by atoms with Crippen molar-refractivity contribution in [2.24, 2.45) is 5.92 Å². The first-order valence-corrected chi connectivity index (χ1v) is 6.05. The Balaban J connectivity index is 3.16. The van der Waals surface area contributed by atoms with E-state index in [0.29, 0.717) is 16.6 Å². The number of carbonyl (C=O) groups is 1. The first kappa shape index (κ1) is 13.5. The van der Waals surface area contributed by atoms with Crippen LogP contribution in [-0.2, 0) is 0 Å². The molecule has 0 aliphatic carbocycles. The molecule has 0 radical (unpaired) electrons. The van der Waals surface area contributed by atoms with Crippen LogP contribution in [0.15, 0.2) is 23.1 Å². The highest BCUT2D eigenvalue weighted by Gasteiger charge is 2.24. The van der Waals surface area contributed by atoms with Crippen LogP contribution in [0, 0.1) is 16.0 Å². The minimum absolute atomic E-state index is 0.260. The van der Waals surface area contributed by atoms with Crippen LogP contribution < -0.4 is 0 Å². The van der Waals surface area contributed by atoms with Gasteiger partial charge >= 0.3 is 5.97 Å². The van der Waals surface area contributed by atoms with Crippen molar-refractivity contribution in [3.05, 3.63) is 33.9 Å². The molecule has 0 amide bonds. The van der Waals surface area contributed by atoms with Crippen molar-refractivity contribution in [3.63, 3.8) is 0 Å². The second-order valence-electron chi connectivity index (χ2n) is 3.92. The predicted octanol–water partition coefficient (Wildman–Crippen LogP) is 3.04. The van der Waals surface area contributed by atoms with Gasteiger partial charge in [0.25, 0.3) is 5.69 Å². The fourth-order valence-electron chi connectivity index (χ4n) is 1.26. The number of thioether (sulfide) groups is 1. The molecular formula is C11H13NO4S. The molecule has 0 unspecified atom stereocenters. The molecule has 1 N–H and O–H groups in total. The van der Waals surface area contributed by atoms with Crippen LogP contribution in [0.4, 0.5) is 5.69 Å². The Morgan fingerprint density at radius 2 is 2.18 bits per heavy atom. The van der Waals surface area contributed by atoms with E-state index in [-0.39, 0.29) is 11.3 Å². The van der Waals surface area contributed by atoms with E-state index in [1.54, 1.807) is 6.07 Å². The summed E-state index contributed by atoms with van der Waals surface area (Å²) in [5.74, 6) is -0.180. The van der Waals surface area contributed by atoms with Crippen molar-refractivity contribution in [2.75, 3.05) is 5.75 Å². The van der Waals surface area contributed by atoms with Gasteiger partial charge in [-0.15, -0.1) is 11.8 Å². The van der Waals surface area contributed by atoms with Crippen molar-refractivity contribution in [3.8, 4) is 0 Å². The maximum Gasteiger partial charge on any atom is 0.342 e. The maximum atomic E-state index is 10.9. The number of carboxylic acid groups (broad SMARTS) is 1. The fraction of sp³-hybridized carbons (Fsp3) is 0.364. The summed E-state index contributed by atoms with van der Waals surface area (Å²) in [6.07, 6.45) is 0. The lowest BCUT2D eigenvalue weighted by atomic mass is 10.2. The number of nitro benzene ring substituents is 1. The van der Waals surface area contributed by atoms with E-state index in [0.717, 1.165) is 0 Å². The average Bonchev–Trinajstić information content (AvgIpc) is 2.25. The van der Waals surface area contributed by atoms with Crippen molar-refractivity contribution in [2.45, 2.75) is 18.7 Å². The van der Waals surface area contributed by atoms with E-state index < -0.39 is 10.9 Å². The van der Waals surface area contributed by atoms with Gasteiger partial charge in [-0.1, -0.05) is 19.9 Å². The molecule has 0 aromatic heterocycles. The summed E-state index contributed by atoms with van der Waals surface area (Å²) in [5, 5.41) is 19.8. The third kappa shape index (κ3) is 3.45. The highest BCUT2D eigenvalue weighted by molar-refractivity contribution is 7.99. The van der Waals surface area contributed by atoms with Gasteiger partial charge in [-0.05, 0) is 18.1 Å². The lowest BCUT2D eigenvalue weighted by Gasteiger charge is -2.06. The number of carboxylic acids is 1. The van der Waals surface area contributed by atoms with E-state index in [1.165, 1.54) is 23.9 Å². The summed E-state index contributed by atoms with van der Waals surface area (Å²) in [6, 6.07) is 4.36. The Morgan fingerprint density at radius 1 is 1.53 bits per heavy atom. The van der Waals surface area contributed by atoms with Gasteiger partial charge in [-0.25, -0.2) is 4.79 Å². The summed E-state index contributed by atoms with van der Waals surface area (Å²) in [5.41, 5.74) is -0.575. The normalized spacial score (nSPS) is 10.5. The van der Waals surface area contributed by atoms with Gasteiger partial charge in [0.1, 0.15) is 5.56 Å². The first-order chi connectivity index (χ1) is 7.93. The number of nitro groups is 1. The molecule has 0 aliphatic heterocycles. The topological polar surface area (TPSA) is 80.4 Å². The first-order valence-electron chi connectivity index (χ1n) is 5.07. The third-order valence-corrected chi connectivity index (χ3v) is 3.46. The molecule has 0 saturated heterocycles. The molecule has 0 heterocycles. The zero-order valence-corrected chi connectivity index (χ0v) is 10.4. The summed E-state index contributed by atoms with van der Waals surface area (Å²) >= 11 is 1.31. The lowest BCUT2D eigenvalue weighted by Crippen LogP contribution is -2.04. The summed E-state index contributed by atoms with van der Waals surface area (Å²) in [7, 11) is 0. The van der Waals surface area contributed by atoms with Gasteiger partial charge in [0, 0.05) is 5.75 Å². The van der Waals surface area contributed by atoms with Gasteiger partial charge in [0.15, 0.2) is 0 Å². The highest BCUT2D eigenvalue weighted by atomic mass is 32.2. The third-order valence-electron chi connectivity index (χ3n) is 1.98. The second kappa shape index (κ2) is 5.67. The van der Waals surface area contributed by atoms with Crippen LogP contribution in [0.3, 0.4) is 0 Å². The molecule has 0 spiro atoms. The molecule has 1 aromatic carbocycles. The van der Waals surface area contributed by atoms with Crippen molar-refractivity contribution in [1.29, 1.82) is 0 Å². The van der Waals surface area contributed by atoms with Crippen LogP contribution in [0.25, 0.3) is 0 Å². The van der Waals surface area contributed by atoms with Gasteiger partial charge < -0.3 is 5.11 Å². The van der Waals surface area contributed by atoms with Crippen LogP contribution in [0.5, 0.6) is 0 Å². The number of benzene rings is 1. The zero-order valence-electron chi connectivity index (χ0n) is 9.54. The largest absolute Gasteiger partial charge is 0.477 e. The standard InChI is InChI=1S/C11H13NO4S/c1-7(2)6-17-9-5-3-4-8(11(13)14)10(9)12(15)16/h3-5,7H,6H2,1-2H3,(H,13,14). The fourth-order valence-corrected chi connectivity index (χ4v) is 2.27. The average molecular weight is 255 g/mol. The molecule has 1 rings (SSSR count). The van der Waals surface area contributed by atoms with E-state index in [4.69, 9.17) is 5.11 Å². The number of aromatic carboxylic acids is 1. The molecular weight excluding hydrogens is 242 g/mol. The molecule has 0 bridgehead atoms. The smallest absolute Gasteiger partial charge is 0.342 e. The maximum absolute atomic E-state index is 10.9. The van der Waals surface area contributed by atoms with Crippen LogP contribution in [-0.4, -0.2) is 21.8 Å². The van der Waals surface area contributed by atoms with Gasteiger partial charge in [0.05, 0.1) is 9.82 Å². The van der Waals surface area contributed by atoms with E-state index in [1.807, 2.05) is 13.8 Å². The summed E-state index contributed by atoms with van der Waals surface area (Å²) < 4.78 is 0. The Hall–Kier alpha value is -1.56. The van der Waals surface area contributed by atoms with Crippen molar-refractivity contribution >= 4 is 23.4 Å². The Labute approximate surface area is 103 Å². The molecule has 6 heteroatoms. The molecule has 0 aliphatic rings. The van der Waals surface area contributed by atoms with Gasteiger partial charge in [-0.3, -0.25) is 10.1 Å². The van der Waals surface area contributed by atoms with Crippen LogP contribution >= 0.6 is 11.8 Å². The molecule has 5 nitrogen and oxygen atoms in total. The zero-order chi connectivity index (χ0) is 13.0. The molecule has 0 fully saturated rings. The summed E-state index contributed by atoms with van der Waals surface area (Å²) in [4.78, 5) is 21.6. The Kier molecular flexibility index (Phi) is 4.51. The molecule has 1 aromatic rings.